The van der Waals surface area contributed by atoms with Crippen LogP contribution in [0, 0.1) is 8.99 Å². The molecule has 0 aliphatic carbocycles. The van der Waals surface area contributed by atoms with Crippen molar-refractivity contribution in [3.05, 3.63) is 27.2 Å². The van der Waals surface area contributed by atoms with Gasteiger partial charge in [-0.2, -0.15) is 0 Å². The number of halogens is 2. The molecule has 0 saturated carbocycles. The Morgan fingerprint density at radius 2 is 1.61 bits per heavy atom. The first-order valence-electron chi connectivity index (χ1n) is 10.7. The Hall–Kier alpha value is -0.330. The second-order valence-electron chi connectivity index (χ2n) is 8.97. The number of hydrogen-bond donors (Lipinski definition) is 0. The maximum atomic E-state index is 6.20. The fourth-order valence-corrected chi connectivity index (χ4v) is 4.81. The van der Waals surface area contributed by atoms with Crippen molar-refractivity contribution in [1.82, 2.24) is 9.55 Å². The van der Waals surface area contributed by atoms with Crippen molar-refractivity contribution in [3.63, 3.8) is 0 Å². The molecule has 0 spiro atoms. The zero-order valence-electron chi connectivity index (χ0n) is 17.8. The lowest BCUT2D eigenvalue weighted by atomic mass is 9.89. The van der Waals surface area contributed by atoms with E-state index in [1.54, 1.807) is 6.20 Å². The van der Waals surface area contributed by atoms with Gasteiger partial charge in [0, 0.05) is 22.6 Å². The summed E-state index contributed by atoms with van der Waals surface area (Å²) in [4.78, 5) is 4.16. The zero-order chi connectivity index (χ0) is 20.4. The van der Waals surface area contributed by atoms with E-state index < -0.39 is 0 Å². The number of aromatic nitrogens is 2. The van der Waals surface area contributed by atoms with Gasteiger partial charge in [-0.05, 0) is 46.9 Å². The average molecular weight is 519 g/mol. The zero-order valence-corrected chi connectivity index (χ0v) is 20.7. The minimum absolute atomic E-state index is 0.499. The lowest BCUT2D eigenvalue weighted by Crippen LogP contribution is -2.03. The molecule has 0 unspecified atom stereocenters. The van der Waals surface area contributed by atoms with Crippen LogP contribution in [0.4, 0.5) is 0 Å². The number of nitrogens with zero attached hydrogens (tertiary/aromatic N) is 2. The summed E-state index contributed by atoms with van der Waals surface area (Å²) in [6.07, 6.45) is 17.3. The van der Waals surface area contributed by atoms with E-state index in [0.717, 1.165) is 27.5 Å². The van der Waals surface area contributed by atoms with Crippen LogP contribution in [0.25, 0.3) is 10.9 Å². The fraction of sp³-hybridized carbons (Fsp3) is 0.696. The van der Waals surface area contributed by atoms with Crippen LogP contribution in [0.3, 0.4) is 0 Å². The molecule has 0 radical (unpaired) electrons. The predicted molar refractivity (Wildman–Crippen MR) is 129 cm³/mol. The Morgan fingerprint density at radius 1 is 1.00 bits per heavy atom. The van der Waals surface area contributed by atoms with Crippen molar-refractivity contribution in [1.29, 1.82) is 0 Å². The van der Waals surface area contributed by atoms with E-state index in [9.17, 15) is 0 Å². The number of rotatable bonds is 13. The molecule has 28 heavy (non-hydrogen) atoms. The summed E-state index contributed by atoms with van der Waals surface area (Å²) in [5, 5.41) is 1.58. The van der Waals surface area contributed by atoms with Crippen LogP contribution in [0.15, 0.2) is 18.5 Å². The van der Waals surface area contributed by atoms with Crippen molar-refractivity contribution in [2.24, 2.45) is 5.41 Å². The maximum absolute atomic E-state index is 6.20. The van der Waals surface area contributed by atoms with E-state index in [2.05, 4.69) is 59.1 Å². The van der Waals surface area contributed by atoms with Crippen LogP contribution < -0.4 is 0 Å². The molecule has 3 nitrogen and oxygen atoms in total. The molecule has 0 fully saturated rings. The number of fused-ring (bicyclic) bond motifs is 1. The van der Waals surface area contributed by atoms with E-state index >= 15 is 0 Å². The summed E-state index contributed by atoms with van der Waals surface area (Å²) in [7, 11) is 0. The third kappa shape index (κ3) is 8.58. The molecule has 0 aromatic carbocycles. The Balaban J connectivity index is 1.47. The first-order chi connectivity index (χ1) is 13.4. The Labute approximate surface area is 189 Å². The molecule has 0 N–H and O–H groups in total. The average Bonchev–Trinajstić information content (AvgIpc) is 2.95. The Morgan fingerprint density at radius 3 is 2.25 bits per heavy atom. The summed E-state index contributed by atoms with van der Waals surface area (Å²) in [6.45, 7) is 8.41. The third-order valence-electron chi connectivity index (χ3n) is 5.15. The molecule has 0 saturated heterocycles. The SMILES string of the molecule is CC(C)(C)CCCCCCCCCCCOCn1cc(I)c2c(Cl)nccc21. The number of hydrogen-bond acceptors (Lipinski definition) is 2. The van der Waals surface area contributed by atoms with Gasteiger partial charge in [0.1, 0.15) is 11.9 Å². The van der Waals surface area contributed by atoms with Crippen LogP contribution >= 0.6 is 34.2 Å². The molecule has 2 rings (SSSR count). The first kappa shape index (κ1) is 23.9. The molecule has 2 heterocycles. The highest BCUT2D eigenvalue weighted by Gasteiger charge is 2.10. The molecule has 0 amide bonds. The lowest BCUT2D eigenvalue weighted by molar-refractivity contribution is 0.0766. The third-order valence-corrected chi connectivity index (χ3v) is 6.25. The second-order valence-corrected chi connectivity index (χ2v) is 10.5. The Kier molecular flexibility index (Phi) is 10.6. The summed E-state index contributed by atoms with van der Waals surface area (Å²) >= 11 is 8.51. The molecule has 0 aliphatic rings. The van der Waals surface area contributed by atoms with Crippen molar-refractivity contribution >= 4 is 45.1 Å². The van der Waals surface area contributed by atoms with Gasteiger partial charge in [0.25, 0.3) is 0 Å². The van der Waals surface area contributed by atoms with Crippen LogP contribution in [-0.4, -0.2) is 16.2 Å². The Bertz CT molecular complexity index is 708. The summed E-state index contributed by atoms with van der Waals surface area (Å²) < 4.78 is 9.11. The van der Waals surface area contributed by atoms with Gasteiger partial charge in [-0.3, -0.25) is 0 Å². The van der Waals surface area contributed by atoms with Gasteiger partial charge in [0.2, 0.25) is 0 Å². The van der Waals surface area contributed by atoms with E-state index in [1.165, 1.54) is 57.8 Å². The van der Waals surface area contributed by atoms with Crippen LogP contribution in [0.1, 0.15) is 85.0 Å². The van der Waals surface area contributed by atoms with Gasteiger partial charge in [0.05, 0.1) is 10.9 Å². The maximum Gasteiger partial charge on any atom is 0.139 e. The molecule has 2 aromatic rings. The highest BCUT2D eigenvalue weighted by Crippen LogP contribution is 2.28. The van der Waals surface area contributed by atoms with Crippen LogP contribution in [0.2, 0.25) is 5.15 Å². The number of unbranched alkanes of at least 4 members (excludes halogenated alkanes) is 8. The van der Waals surface area contributed by atoms with Crippen LogP contribution in [-0.2, 0) is 11.5 Å². The first-order valence-corrected chi connectivity index (χ1v) is 12.2. The van der Waals surface area contributed by atoms with E-state index in [0.29, 0.717) is 17.3 Å². The molecular weight excluding hydrogens is 483 g/mol. The monoisotopic (exact) mass is 518 g/mol. The summed E-state index contributed by atoms with van der Waals surface area (Å²) in [5.74, 6) is 0. The molecular formula is C23H36ClIN2O. The van der Waals surface area contributed by atoms with Crippen molar-refractivity contribution < 1.29 is 4.74 Å². The van der Waals surface area contributed by atoms with Gasteiger partial charge in [-0.1, -0.05) is 83.7 Å². The second kappa shape index (κ2) is 12.4. The van der Waals surface area contributed by atoms with Gasteiger partial charge in [0.15, 0.2) is 0 Å². The number of pyridine rings is 1. The van der Waals surface area contributed by atoms with Crippen molar-refractivity contribution in [2.75, 3.05) is 6.61 Å². The highest BCUT2D eigenvalue weighted by atomic mass is 127. The smallest absolute Gasteiger partial charge is 0.139 e. The highest BCUT2D eigenvalue weighted by molar-refractivity contribution is 14.1. The quantitative estimate of drug-likeness (QED) is 0.152. The van der Waals surface area contributed by atoms with Crippen LogP contribution in [0.5, 0.6) is 0 Å². The topological polar surface area (TPSA) is 27.1 Å². The standard InChI is InChI=1S/C23H36ClIN2O/c1-23(2,3)14-11-9-7-5-4-6-8-10-12-16-28-18-27-17-19(25)21-20(27)13-15-26-22(21)24/h13,15,17H,4-12,14,16,18H2,1-3H3. The van der Waals surface area contributed by atoms with Gasteiger partial charge >= 0.3 is 0 Å². The fourth-order valence-electron chi connectivity index (χ4n) is 3.52. The van der Waals surface area contributed by atoms with E-state index in [-0.39, 0.29) is 0 Å². The molecule has 0 atom stereocenters. The minimum atomic E-state index is 0.499. The molecule has 158 valence electrons. The van der Waals surface area contributed by atoms with Gasteiger partial charge < -0.3 is 9.30 Å². The largest absolute Gasteiger partial charge is 0.361 e. The van der Waals surface area contributed by atoms with Gasteiger partial charge in [-0.15, -0.1) is 0 Å². The molecule has 0 bridgehead atoms. The molecule has 2 aromatic heterocycles. The number of ether oxygens (including phenoxy) is 1. The van der Waals surface area contributed by atoms with Crippen molar-refractivity contribution in [3.8, 4) is 0 Å². The summed E-state index contributed by atoms with van der Waals surface area (Å²) in [6, 6.07) is 2.00. The minimum Gasteiger partial charge on any atom is -0.361 e. The lowest BCUT2D eigenvalue weighted by Gasteiger charge is -2.17. The van der Waals surface area contributed by atoms with Crippen molar-refractivity contribution in [2.45, 2.75) is 91.7 Å². The van der Waals surface area contributed by atoms with E-state index in [1.807, 2.05) is 6.07 Å². The summed E-state index contributed by atoms with van der Waals surface area (Å²) in [5.41, 5.74) is 1.59. The molecule has 5 heteroatoms. The molecule has 0 aliphatic heterocycles. The normalized spacial score (nSPS) is 12.2. The predicted octanol–water partition coefficient (Wildman–Crippen LogP) is 8.22. The van der Waals surface area contributed by atoms with E-state index in [4.69, 9.17) is 16.3 Å². The van der Waals surface area contributed by atoms with Gasteiger partial charge in [-0.25, -0.2) is 4.98 Å².